The van der Waals surface area contributed by atoms with Crippen LogP contribution in [0.25, 0.3) is 66.1 Å². The molecule has 0 radical (unpaired) electrons. The summed E-state index contributed by atoms with van der Waals surface area (Å²) >= 11 is 0. The fourth-order valence-electron chi connectivity index (χ4n) is 10.1. The Labute approximate surface area is 384 Å². The van der Waals surface area contributed by atoms with E-state index in [0.717, 1.165) is 60.7 Å². The highest BCUT2D eigenvalue weighted by Gasteiger charge is 2.41. The summed E-state index contributed by atoms with van der Waals surface area (Å²) in [6.45, 7) is 0. The molecule has 302 valence electrons. The third-order valence-electron chi connectivity index (χ3n) is 12.9. The predicted octanol–water partition coefficient (Wildman–Crippen LogP) is 13.0. The average molecular weight is 835 g/mol. The largest absolute Gasteiger partial charge is 0.307 e. The molecule has 0 aliphatic heterocycles. The van der Waals surface area contributed by atoms with Gasteiger partial charge in [0.05, 0.1) is 27.8 Å². The lowest BCUT2D eigenvalue weighted by molar-refractivity contribution is 0.444. The van der Waals surface area contributed by atoms with Crippen LogP contribution in [0.3, 0.4) is 0 Å². The molecule has 9 aromatic carbocycles. The molecule has 3 heteroatoms. The molecular formula is C60H48N2Si. The van der Waals surface area contributed by atoms with Gasteiger partial charge in [0, 0.05) is 40.9 Å². The summed E-state index contributed by atoms with van der Waals surface area (Å²) in [4.78, 5) is 0. The molecule has 2 heterocycles. The van der Waals surface area contributed by atoms with Crippen LogP contribution in [0.5, 0.6) is 0 Å². The van der Waals surface area contributed by atoms with Crippen molar-refractivity contribution in [2.24, 2.45) is 0 Å². The van der Waals surface area contributed by atoms with Crippen molar-refractivity contribution < 1.29 is 13.7 Å². The number of para-hydroxylation sites is 3. The van der Waals surface area contributed by atoms with Crippen molar-refractivity contribution in [1.82, 2.24) is 9.13 Å². The Bertz CT molecular complexity index is 3820. The Balaban J connectivity index is 1.06. The Hall–Kier alpha value is -7.20. The molecule has 1 fully saturated rings. The molecule has 0 N–H and O–H groups in total. The van der Waals surface area contributed by atoms with Gasteiger partial charge in [-0.15, -0.1) is 0 Å². The summed E-state index contributed by atoms with van der Waals surface area (Å²) in [6.07, 6.45) is -16.5. The van der Waals surface area contributed by atoms with Crippen LogP contribution >= 0.6 is 0 Å². The maximum absolute atomic E-state index is 9.03. The summed E-state index contributed by atoms with van der Waals surface area (Å²) in [6, 6.07) is 77.8. The minimum absolute atomic E-state index is 0.0406. The van der Waals surface area contributed by atoms with Gasteiger partial charge in [0.15, 0.2) is 8.07 Å². The number of aromatic nitrogens is 2. The highest BCUT2D eigenvalue weighted by Crippen LogP contribution is 2.41. The minimum Gasteiger partial charge on any atom is -0.307 e. The molecule has 1 aliphatic carbocycles. The summed E-state index contributed by atoms with van der Waals surface area (Å²) < 4.78 is 92.1. The molecule has 11 aromatic rings. The number of hydrogen-bond donors (Lipinski definition) is 0. The van der Waals surface area contributed by atoms with E-state index < -0.39 is 45.9 Å². The summed E-state index contributed by atoms with van der Waals surface area (Å²) in [7, 11) is -2.93. The quantitative estimate of drug-likeness (QED) is 0.107. The van der Waals surface area contributed by atoms with Gasteiger partial charge in [-0.25, -0.2) is 0 Å². The first kappa shape index (κ1) is 28.4. The Kier molecular flexibility index (Phi) is 7.04. The molecule has 2 aromatic heterocycles. The van der Waals surface area contributed by atoms with E-state index in [-0.39, 0.29) is 5.56 Å². The first-order chi connectivity index (χ1) is 35.0. The average Bonchev–Trinajstić information content (AvgIpc) is 3.93. The second-order valence-corrected chi connectivity index (χ2v) is 20.0. The molecule has 0 amide bonds. The zero-order valence-electron chi connectivity index (χ0n) is 44.3. The van der Waals surface area contributed by atoms with Crippen molar-refractivity contribution in [2.45, 2.75) is 37.8 Å². The Morgan fingerprint density at radius 3 is 1.52 bits per heavy atom. The smallest absolute Gasteiger partial charge is 0.179 e. The summed E-state index contributed by atoms with van der Waals surface area (Å²) in [5.41, 5.74) is 7.68. The second kappa shape index (κ2) is 15.6. The fourth-order valence-corrected chi connectivity index (χ4v) is 14.8. The molecule has 0 atom stereocenters. The van der Waals surface area contributed by atoms with Crippen molar-refractivity contribution >= 4 is 72.4 Å². The van der Waals surface area contributed by atoms with Crippen LogP contribution in [0.15, 0.2) is 224 Å². The number of nitrogens with zero attached hydrogens (tertiary/aromatic N) is 2. The van der Waals surface area contributed by atoms with Gasteiger partial charge in [0.25, 0.3) is 0 Å². The molecule has 0 saturated heterocycles. The van der Waals surface area contributed by atoms with Crippen LogP contribution < -0.4 is 20.7 Å². The lowest BCUT2D eigenvalue weighted by Crippen LogP contribution is -2.74. The SMILES string of the molecule is [2H]C1([2H])C(c2ccc3c(c2)c2ccccc2n3-c2cccc3c4ccccc4n(-c4ccc([Si](c5ccccc5)(c5ccccc5)c5ccc(-c6ccccc6)cc5)cc4)c23)C([2H])([2H])C([2H])([2H])C([2H])([2H])C1([2H])[2H]. The third-order valence-corrected chi connectivity index (χ3v) is 17.7. The van der Waals surface area contributed by atoms with E-state index in [0.29, 0.717) is 5.39 Å². The van der Waals surface area contributed by atoms with E-state index in [1.807, 2.05) is 42.5 Å². The number of benzene rings is 9. The van der Waals surface area contributed by atoms with E-state index in [4.69, 9.17) is 13.7 Å². The van der Waals surface area contributed by atoms with Crippen LogP contribution in [0.4, 0.5) is 0 Å². The Morgan fingerprint density at radius 1 is 0.381 bits per heavy atom. The van der Waals surface area contributed by atoms with E-state index in [1.54, 1.807) is 18.2 Å². The second-order valence-electron chi connectivity index (χ2n) is 16.2. The van der Waals surface area contributed by atoms with Gasteiger partial charge < -0.3 is 9.13 Å². The first-order valence-electron chi connectivity index (χ1n) is 26.5. The van der Waals surface area contributed by atoms with Crippen LogP contribution in [0.2, 0.25) is 0 Å². The fraction of sp³-hybridized carbons (Fsp3) is 0.100. The summed E-state index contributed by atoms with van der Waals surface area (Å²) in [5, 5.41) is 8.53. The van der Waals surface area contributed by atoms with Gasteiger partial charge in [-0.2, -0.15) is 0 Å². The molecule has 0 bridgehead atoms. The van der Waals surface area contributed by atoms with E-state index in [2.05, 4.69) is 173 Å². The molecule has 1 aliphatic rings. The van der Waals surface area contributed by atoms with E-state index in [1.165, 1.54) is 20.7 Å². The van der Waals surface area contributed by atoms with Crippen molar-refractivity contribution in [2.75, 3.05) is 0 Å². The van der Waals surface area contributed by atoms with Crippen molar-refractivity contribution in [3.8, 4) is 22.5 Å². The van der Waals surface area contributed by atoms with Crippen molar-refractivity contribution in [3.63, 3.8) is 0 Å². The standard InChI is InChI=1S/C60H48N2Si/c1-5-18-43(19-6-1)45-32-37-50(38-33-45)63(48-22-9-3-10-23-48,49-24-11-4-12-25-49)51-39-35-47(36-40-51)61-56-29-15-13-26-52(56)54-28-17-31-59(60(54)61)62-57-30-16-14-27-53(57)55-42-46(34-41-58(55)62)44-20-7-2-8-21-44/h1,3-6,9-19,22-42,44H,2,7-8,20-21H2/i2D2,7D2,8D2,20D2,21D2. The van der Waals surface area contributed by atoms with Crippen LogP contribution in [-0.4, -0.2) is 17.2 Å². The zero-order valence-corrected chi connectivity index (χ0v) is 35.3. The minimum atomic E-state index is -3.48. The number of hydrogen-bond acceptors (Lipinski definition) is 0. The van der Waals surface area contributed by atoms with Gasteiger partial charge in [-0.05, 0) is 98.6 Å². The van der Waals surface area contributed by atoms with Gasteiger partial charge in [-0.1, -0.05) is 201 Å². The topological polar surface area (TPSA) is 9.86 Å². The molecule has 2 nitrogen and oxygen atoms in total. The van der Waals surface area contributed by atoms with Crippen LogP contribution in [0, 0.1) is 0 Å². The lowest BCUT2D eigenvalue weighted by atomic mass is 9.84. The molecule has 0 spiro atoms. The maximum Gasteiger partial charge on any atom is 0.179 e. The number of rotatable bonds is 8. The van der Waals surface area contributed by atoms with Gasteiger partial charge in [0.1, 0.15) is 0 Å². The summed E-state index contributed by atoms with van der Waals surface area (Å²) in [5.74, 6) is -1.99. The van der Waals surface area contributed by atoms with Crippen LogP contribution in [0.1, 0.15) is 57.1 Å². The number of fused-ring (bicyclic) bond motifs is 6. The Morgan fingerprint density at radius 2 is 0.873 bits per heavy atom. The van der Waals surface area contributed by atoms with Gasteiger partial charge in [-0.3, -0.25) is 0 Å². The zero-order chi connectivity index (χ0) is 50.7. The highest BCUT2D eigenvalue weighted by atomic mass is 28.3. The van der Waals surface area contributed by atoms with E-state index >= 15 is 0 Å². The normalized spacial score (nSPS) is 20.0. The molecular weight excluding hydrogens is 777 g/mol. The third kappa shape index (κ3) is 6.13. The molecule has 63 heavy (non-hydrogen) atoms. The van der Waals surface area contributed by atoms with Crippen molar-refractivity contribution in [1.29, 1.82) is 0 Å². The highest BCUT2D eigenvalue weighted by molar-refractivity contribution is 7.19. The molecule has 12 rings (SSSR count). The first-order valence-corrected chi connectivity index (χ1v) is 23.5. The maximum atomic E-state index is 9.03. The van der Waals surface area contributed by atoms with Gasteiger partial charge in [0.2, 0.25) is 0 Å². The van der Waals surface area contributed by atoms with Gasteiger partial charge >= 0.3 is 0 Å². The van der Waals surface area contributed by atoms with Crippen LogP contribution in [-0.2, 0) is 0 Å². The monoisotopic (exact) mass is 834 g/mol. The predicted molar refractivity (Wildman–Crippen MR) is 270 cm³/mol. The molecule has 0 unspecified atom stereocenters. The molecule has 1 saturated carbocycles. The lowest BCUT2D eigenvalue weighted by Gasteiger charge is -2.34. The van der Waals surface area contributed by atoms with Crippen molar-refractivity contribution in [3.05, 3.63) is 230 Å². The van der Waals surface area contributed by atoms with E-state index in [9.17, 15) is 0 Å².